The summed E-state index contributed by atoms with van der Waals surface area (Å²) in [5, 5.41) is 0.575. The molecule has 0 radical (unpaired) electrons. The van der Waals surface area contributed by atoms with Gasteiger partial charge in [0.05, 0.1) is 13.7 Å². The molecule has 0 aliphatic carbocycles. The van der Waals surface area contributed by atoms with Crippen LogP contribution in [0.5, 0.6) is 0 Å². The maximum Gasteiger partial charge on any atom is 0.376 e. The molecule has 1 aromatic carbocycles. The monoisotopic (exact) mass is 295 g/mol. The van der Waals surface area contributed by atoms with Crippen molar-refractivity contribution in [2.75, 3.05) is 14.2 Å². The summed E-state index contributed by atoms with van der Waals surface area (Å²) in [6.07, 6.45) is 0. The lowest BCUT2D eigenvalue weighted by Gasteiger charge is -1.99. The van der Waals surface area contributed by atoms with E-state index in [1.165, 1.54) is 14.2 Å². The van der Waals surface area contributed by atoms with E-state index >= 15 is 0 Å². The van der Waals surface area contributed by atoms with E-state index < -0.39 is 5.97 Å². The Balaban J connectivity index is 2.49. The number of rotatable bonds is 4. The highest BCUT2D eigenvalue weighted by Crippen LogP contribution is 2.26. The zero-order chi connectivity index (χ0) is 14.7. The number of carbonyl (C=O) groups is 1. The predicted octanol–water partition coefficient (Wildman–Crippen LogP) is 3.24. The van der Waals surface area contributed by atoms with Crippen LogP contribution in [0, 0.1) is 6.92 Å². The van der Waals surface area contributed by atoms with Crippen LogP contribution in [0.2, 0.25) is 5.02 Å². The lowest BCUT2D eigenvalue weighted by molar-refractivity contribution is 0.0559. The first kappa shape index (κ1) is 14.6. The fraction of sp³-hybridized carbons (Fsp3) is 0.286. The summed E-state index contributed by atoms with van der Waals surface area (Å²) in [5.41, 5.74) is 2.06. The fourth-order valence-electron chi connectivity index (χ4n) is 1.82. The number of aryl methyl sites for hydroxylation is 1. The van der Waals surface area contributed by atoms with Gasteiger partial charge >= 0.3 is 5.97 Å². The number of esters is 1. The van der Waals surface area contributed by atoms with Crippen molar-refractivity contribution in [3.63, 3.8) is 0 Å². The standard InChI is InChI=1S/C14H14ClNO4/c1-8-4-9(6-10(15)5-8)13-16-11(7-18-2)12(20-13)14(17)19-3/h4-6H,7H2,1-3H3. The third-order valence-electron chi connectivity index (χ3n) is 2.64. The fourth-order valence-corrected chi connectivity index (χ4v) is 2.11. The maximum absolute atomic E-state index is 11.7. The topological polar surface area (TPSA) is 61.6 Å². The molecule has 2 rings (SSSR count). The van der Waals surface area contributed by atoms with Crippen LogP contribution in [-0.4, -0.2) is 25.2 Å². The molecule has 106 valence electrons. The summed E-state index contributed by atoms with van der Waals surface area (Å²) in [6, 6.07) is 5.42. The molecule has 0 unspecified atom stereocenters. The molecule has 0 spiro atoms. The Labute approximate surface area is 121 Å². The van der Waals surface area contributed by atoms with Gasteiger partial charge in [0.25, 0.3) is 0 Å². The Morgan fingerprint density at radius 3 is 2.70 bits per heavy atom. The lowest BCUT2D eigenvalue weighted by atomic mass is 10.1. The number of methoxy groups -OCH3 is 2. The van der Waals surface area contributed by atoms with E-state index in [4.69, 9.17) is 20.8 Å². The van der Waals surface area contributed by atoms with Crippen LogP contribution in [0.1, 0.15) is 21.8 Å². The molecule has 0 saturated carbocycles. The summed E-state index contributed by atoms with van der Waals surface area (Å²) >= 11 is 6.01. The molecule has 1 heterocycles. The Morgan fingerprint density at radius 2 is 2.10 bits per heavy atom. The zero-order valence-electron chi connectivity index (χ0n) is 11.4. The van der Waals surface area contributed by atoms with Crippen molar-refractivity contribution in [1.82, 2.24) is 4.98 Å². The SMILES string of the molecule is COCc1nc(-c2cc(C)cc(Cl)c2)oc1C(=O)OC. The highest BCUT2D eigenvalue weighted by molar-refractivity contribution is 6.30. The van der Waals surface area contributed by atoms with E-state index in [1.54, 1.807) is 6.07 Å². The Hall–Kier alpha value is -1.85. The zero-order valence-corrected chi connectivity index (χ0v) is 12.2. The second kappa shape index (κ2) is 6.07. The number of nitrogens with zero attached hydrogens (tertiary/aromatic N) is 1. The first-order chi connectivity index (χ1) is 9.55. The van der Waals surface area contributed by atoms with E-state index in [9.17, 15) is 4.79 Å². The third-order valence-corrected chi connectivity index (χ3v) is 2.86. The van der Waals surface area contributed by atoms with Gasteiger partial charge in [0.2, 0.25) is 11.7 Å². The van der Waals surface area contributed by atoms with Crippen LogP contribution >= 0.6 is 11.6 Å². The van der Waals surface area contributed by atoms with Gasteiger partial charge in [0.15, 0.2) is 0 Å². The van der Waals surface area contributed by atoms with Crippen molar-refractivity contribution in [3.05, 3.63) is 40.2 Å². The molecule has 0 N–H and O–H groups in total. The molecule has 1 aromatic heterocycles. The first-order valence-corrected chi connectivity index (χ1v) is 6.27. The van der Waals surface area contributed by atoms with Crippen molar-refractivity contribution < 1.29 is 18.7 Å². The van der Waals surface area contributed by atoms with Crippen LogP contribution in [-0.2, 0) is 16.1 Å². The summed E-state index contributed by atoms with van der Waals surface area (Å²) in [6.45, 7) is 2.07. The van der Waals surface area contributed by atoms with Gasteiger partial charge in [-0.25, -0.2) is 9.78 Å². The molecule has 0 aliphatic rings. The van der Waals surface area contributed by atoms with Crippen LogP contribution in [0.3, 0.4) is 0 Å². The van der Waals surface area contributed by atoms with Gasteiger partial charge in [-0.15, -0.1) is 0 Å². The third kappa shape index (κ3) is 3.00. The quantitative estimate of drug-likeness (QED) is 0.810. The summed E-state index contributed by atoms with van der Waals surface area (Å²) < 4.78 is 15.2. The molecule has 6 heteroatoms. The number of aromatic nitrogens is 1. The molecule has 0 bridgehead atoms. The number of hydrogen-bond acceptors (Lipinski definition) is 5. The molecule has 0 atom stereocenters. The molecule has 5 nitrogen and oxygen atoms in total. The minimum absolute atomic E-state index is 0.0435. The highest BCUT2D eigenvalue weighted by Gasteiger charge is 2.21. The van der Waals surface area contributed by atoms with Gasteiger partial charge in [-0.3, -0.25) is 0 Å². The van der Waals surface area contributed by atoms with E-state index in [1.807, 2.05) is 19.1 Å². The summed E-state index contributed by atoms with van der Waals surface area (Å²) in [5.74, 6) is -0.237. The number of benzene rings is 1. The summed E-state index contributed by atoms with van der Waals surface area (Å²) in [7, 11) is 2.80. The molecule has 20 heavy (non-hydrogen) atoms. The molecule has 0 aliphatic heterocycles. The highest BCUT2D eigenvalue weighted by atomic mass is 35.5. The van der Waals surface area contributed by atoms with Crippen molar-refractivity contribution in [2.45, 2.75) is 13.5 Å². The largest absolute Gasteiger partial charge is 0.463 e. The van der Waals surface area contributed by atoms with Gasteiger partial charge in [0, 0.05) is 17.7 Å². The Bertz CT molecular complexity index is 616. The molecular formula is C14H14ClNO4. The summed E-state index contributed by atoms with van der Waals surface area (Å²) in [4.78, 5) is 15.9. The number of ether oxygens (including phenoxy) is 2. The Kier molecular flexibility index (Phi) is 4.42. The minimum atomic E-state index is -0.588. The number of oxazole rings is 1. The van der Waals surface area contributed by atoms with E-state index in [2.05, 4.69) is 9.72 Å². The first-order valence-electron chi connectivity index (χ1n) is 5.89. The van der Waals surface area contributed by atoms with Crippen molar-refractivity contribution in [2.24, 2.45) is 0 Å². The molecule has 0 fully saturated rings. The predicted molar refractivity (Wildman–Crippen MR) is 73.7 cm³/mol. The van der Waals surface area contributed by atoms with Gasteiger partial charge in [-0.2, -0.15) is 0 Å². The molecular weight excluding hydrogens is 282 g/mol. The number of halogens is 1. The Morgan fingerprint density at radius 1 is 1.35 bits per heavy atom. The van der Waals surface area contributed by atoms with Crippen LogP contribution in [0.25, 0.3) is 11.5 Å². The van der Waals surface area contributed by atoms with Gasteiger partial charge < -0.3 is 13.9 Å². The van der Waals surface area contributed by atoms with Gasteiger partial charge in [-0.05, 0) is 30.7 Å². The second-order valence-corrected chi connectivity index (χ2v) is 4.67. The number of carbonyl (C=O) groups excluding carboxylic acids is 1. The van der Waals surface area contributed by atoms with Gasteiger partial charge in [-0.1, -0.05) is 11.6 Å². The van der Waals surface area contributed by atoms with Gasteiger partial charge in [0.1, 0.15) is 5.69 Å². The second-order valence-electron chi connectivity index (χ2n) is 4.24. The normalized spacial score (nSPS) is 10.6. The average molecular weight is 296 g/mol. The maximum atomic E-state index is 11.7. The van der Waals surface area contributed by atoms with Crippen molar-refractivity contribution in [3.8, 4) is 11.5 Å². The molecule has 2 aromatic rings. The van der Waals surface area contributed by atoms with Crippen LogP contribution in [0.15, 0.2) is 22.6 Å². The minimum Gasteiger partial charge on any atom is -0.463 e. The smallest absolute Gasteiger partial charge is 0.376 e. The molecule has 0 saturated heterocycles. The van der Waals surface area contributed by atoms with Crippen molar-refractivity contribution in [1.29, 1.82) is 0 Å². The average Bonchev–Trinajstić information content (AvgIpc) is 2.81. The van der Waals surface area contributed by atoms with E-state index in [-0.39, 0.29) is 12.4 Å². The van der Waals surface area contributed by atoms with Crippen molar-refractivity contribution >= 4 is 17.6 Å². The van der Waals surface area contributed by atoms with E-state index in [0.717, 1.165) is 5.56 Å². The number of hydrogen-bond donors (Lipinski definition) is 0. The molecule has 0 amide bonds. The van der Waals surface area contributed by atoms with Crippen LogP contribution < -0.4 is 0 Å². The lowest BCUT2D eigenvalue weighted by Crippen LogP contribution is -2.04. The van der Waals surface area contributed by atoms with E-state index in [0.29, 0.717) is 22.2 Å². The van der Waals surface area contributed by atoms with Crippen LogP contribution in [0.4, 0.5) is 0 Å².